The molecule has 0 unspecified atom stereocenters. The minimum atomic E-state index is -0.222. The molecule has 0 spiro atoms. The van der Waals surface area contributed by atoms with Crippen LogP contribution in [-0.2, 0) is 0 Å². The van der Waals surface area contributed by atoms with Gasteiger partial charge in [0.25, 0.3) is 5.91 Å². The number of hydrogen-bond donors (Lipinski definition) is 3. The summed E-state index contributed by atoms with van der Waals surface area (Å²) in [5.41, 5.74) is 4.29. The second-order valence-corrected chi connectivity index (χ2v) is 9.37. The number of piperidine rings is 1. The fraction of sp³-hybridized carbons (Fsp3) is 0.321. The summed E-state index contributed by atoms with van der Waals surface area (Å²) >= 11 is 0. The van der Waals surface area contributed by atoms with E-state index in [9.17, 15) is 9.90 Å². The van der Waals surface area contributed by atoms with Gasteiger partial charge in [0.15, 0.2) is 0 Å². The minimum Gasteiger partial charge on any atom is -0.393 e. The van der Waals surface area contributed by atoms with Crippen LogP contribution in [0.15, 0.2) is 61.2 Å². The van der Waals surface area contributed by atoms with Crippen LogP contribution in [0.5, 0.6) is 0 Å². The van der Waals surface area contributed by atoms with Crippen molar-refractivity contribution in [2.24, 2.45) is 0 Å². The maximum atomic E-state index is 12.3. The summed E-state index contributed by atoms with van der Waals surface area (Å²) in [6, 6.07) is 13.6. The number of fused-ring (bicyclic) bond motifs is 1. The zero-order chi connectivity index (χ0) is 25.8. The summed E-state index contributed by atoms with van der Waals surface area (Å²) in [6.07, 6.45) is 6.33. The molecule has 38 heavy (non-hydrogen) atoms. The molecule has 4 aromatic rings. The number of aliphatic hydroxyl groups excluding tert-OH is 1. The maximum absolute atomic E-state index is 12.3. The Morgan fingerprint density at radius 2 is 1.87 bits per heavy atom. The molecule has 0 radical (unpaired) electrons. The molecule has 0 aliphatic carbocycles. The van der Waals surface area contributed by atoms with Gasteiger partial charge in [-0.05, 0) is 36.6 Å². The fourth-order valence-electron chi connectivity index (χ4n) is 4.75. The molecule has 0 bridgehead atoms. The lowest BCUT2D eigenvalue weighted by molar-refractivity contribution is 0.0964. The molecule has 10 heteroatoms. The van der Waals surface area contributed by atoms with Crippen LogP contribution in [0.1, 0.15) is 41.6 Å². The van der Waals surface area contributed by atoms with Gasteiger partial charge < -0.3 is 20.6 Å². The van der Waals surface area contributed by atoms with Gasteiger partial charge >= 0.3 is 0 Å². The molecule has 9 nitrogen and oxygen atoms in total. The van der Waals surface area contributed by atoms with Crippen LogP contribution >= 0.6 is 13.5 Å². The molecule has 1 aliphatic rings. The lowest BCUT2D eigenvalue weighted by atomic mass is 9.96. The standard InChI is InChI=1S/C28H31N7O2.H2S/c1-18(21-4-3-5-22-23(28(37)29-2)7-11-31-27(21)22)16-32-25-15-24(33-17-34-25)19-6-10-30-26(14-19)35-12-8-20(36)9-13-35;/h3-7,10-11,14-15,17-18,20,36H,8-9,12-13,16H2,1-2H3,(H,29,37)(H,32,33,34);1H2/t18-;/m1./s1. The number of aromatic nitrogens is 4. The number of pyridine rings is 2. The summed E-state index contributed by atoms with van der Waals surface area (Å²) in [4.78, 5) is 32.5. The third kappa shape index (κ3) is 5.87. The molecule has 3 N–H and O–H groups in total. The maximum Gasteiger partial charge on any atom is 0.251 e. The van der Waals surface area contributed by atoms with Crippen molar-refractivity contribution in [3.63, 3.8) is 0 Å². The van der Waals surface area contributed by atoms with Crippen LogP contribution in [0, 0.1) is 0 Å². The molecule has 198 valence electrons. The highest BCUT2D eigenvalue weighted by Crippen LogP contribution is 2.28. The van der Waals surface area contributed by atoms with Crippen LogP contribution < -0.4 is 15.5 Å². The molecule has 1 amide bonds. The first-order chi connectivity index (χ1) is 18.0. The fourth-order valence-corrected chi connectivity index (χ4v) is 4.75. The van der Waals surface area contributed by atoms with Gasteiger partial charge in [0, 0.05) is 62.0 Å². The summed E-state index contributed by atoms with van der Waals surface area (Å²) in [5.74, 6) is 1.62. The summed E-state index contributed by atoms with van der Waals surface area (Å²) in [5, 5.41) is 16.8. The van der Waals surface area contributed by atoms with Crippen LogP contribution in [0.2, 0.25) is 0 Å². The number of para-hydroxylation sites is 1. The topological polar surface area (TPSA) is 116 Å². The Morgan fingerprint density at radius 1 is 1.08 bits per heavy atom. The third-order valence-corrected chi connectivity index (χ3v) is 6.89. The predicted molar refractivity (Wildman–Crippen MR) is 155 cm³/mol. The molecule has 4 heterocycles. The van der Waals surface area contributed by atoms with E-state index in [4.69, 9.17) is 0 Å². The van der Waals surface area contributed by atoms with E-state index in [2.05, 4.69) is 48.5 Å². The summed E-state index contributed by atoms with van der Waals surface area (Å²) in [6.45, 7) is 4.35. The van der Waals surface area contributed by atoms with E-state index >= 15 is 0 Å². The van der Waals surface area contributed by atoms with E-state index in [1.807, 2.05) is 30.3 Å². The highest BCUT2D eigenvalue weighted by molar-refractivity contribution is 7.59. The average Bonchev–Trinajstić information content (AvgIpc) is 2.95. The van der Waals surface area contributed by atoms with E-state index in [1.165, 1.54) is 0 Å². The van der Waals surface area contributed by atoms with Crippen molar-refractivity contribution >= 4 is 41.9 Å². The molecular formula is C28H33N7O2S. The van der Waals surface area contributed by atoms with E-state index < -0.39 is 0 Å². The number of hydrogen-bond acceptors (Lipinski definition) is 8. The number of amides is 1. The molecule has 3 aromatic heterocycles. The van der Waals surface area contributed by atoms with Crippen LogP contribution in [-0.4, -0.2) is 63.7 Å². The molecule has 1 aliphatic heterocycles. The molecule has 1 fully saturated rings. The SMILES string of the molecule is CNC(=O)c1ccnc2c([C@H](C)CNc3cc(-c4ccnc(N5CCC(O)CC5)c4)ncn3)cccc12.S. The highest BCUT2D eigenvalue weighted by atomic mass is 32.1. The zero-order valence-corrected chi connectivity index (χ0v) is 22.6. The monoisotopic (exact) mass is 531 g/mol. The summed E-state index contributed by atoms with van der Waals surface area (Å²) < 4.78 is 0. The zero-order valence-electron chi connectivity index (χ0n) is 21.6. The van der Waals surface area contributed by atoms with E-state index in [1.54, 1.807) is 31.8 Å². The number of nitrogens with one attached hydrogen (secondary N) is 2. The van der Waals surface area contributed by atoms with Crippen molar-refractivity contribution in [1.29, 1.82) is 0 Å². The van der Waals surface area contributed by atoms with Crippen LogP contribution in [0.4, 0.5) is 11.6 Å². The van der Waals surface area contributed by atoms with Crippen LogP contribution in [0.3, 0.4) is 0 Å². The first kappa shape index (κ1) is 27.3. The smallest absolute Gasteiger partial charge is 0.251 e. The number of rotatable bonds is 7. The second kappa shape index (κ2) is 12.2. The number of nitrogens with zero attached hydrogens (tertiary/aromatic N) is 5. The predicted octanol–water partition coefficient (Wildman–Crippen LogP) is 3.74. The lowest BCUT2D eigenvalue weighted by Crippen LogP contribution is -2.36. The summed E-state index contributed by atoms with van der Waals surface area (Å²) in [7, 11) is 1.63. The Bertz CT molecular complexity index is 1410. The molecule has 0 saturated carbocycles. The van der Waals surface area contributed by atoms with Gasteiger partial charge in [-0.15, -0.1) is 0 Å². The van der Waals surface area contributed by atoms with Crippen molar-refractivity contribution in [2.45, 2.75) is 31.8 Å². The number of benzene rings is 1. The van der Waals surface area contributed by atoms with Crippen LogP contribution in [0.25, 0.3) is 22.2 Å². The van der Waals surface area contributed by atoms with E-state index in [0.717, 1.165) is 65.3 Å². The Labute approximate surface area is 229 Å². The van der Waals surface area contributed by atoms with E-state index in [-0.39, 0.29) is 31.4 Å². The highest BCUT2D eigenvalue weighted by Gasteiger charge is 2.19. The average molecular weight is 532 g/mol. The first-order valence-electron chi connectivity index (χ1n) is 12.6. The number of aliphatic hydroxyl groups is 1. The van der Waals surface area contributed by atoms with Crippen molar-refractivity contribution in [3.8, 4) is 11.3 Å². The van der Waals surface area contributed by atoms with Gasteiger partial charge in [-0.2, -0.15) is 13.5 Å². The Hall–Kier alpha value is -3.76. The lowest BCUT2D eigenvalue weighted by Gasteiger charge is -2.30. The van der Waals surface area contributed by atoms with Gasteiger partial charge in [0.05, 0.1) is 22.9 Å². The van der Waals surface area contributed by atoms with Gasteiger partial charge in [-0.25, -0.2) is 15.0 Å². The third-order valence-electron chi connectivity index (χ3n) is 6.89. The Morgan fingerprint density at radius 3 is 2.66 bits per heavy atom. The van der Waals surface area contributed by atoms with Gasteiger partial charge in [0.2, 0.25) is 0 Å². The van der Waals surface area contributed by atoms with Gasteiger partial charge in [0.1, 0.15) is 18.0 Å². The quantitative estimate of drug-likeness (QED) is 0.330. The van der Waals surface area contributed by atoms with E-state index in [0.29, 0.717) is 12.1 Å². The van der Waals surface area contributed by atoms with Crippen molar-refractivity contribution in [2.75, 3.05) is 36.9 Å². The van der Waals surface area contributed by atoms with Crippen molar-refractivity contribution in [3.05, 3.63) is 72.3 Å². The number of carbonyl (C=O) groups excluding carboxylic acids is 1. The van der Waals surface area contributed by atoms with Crippen molar-refractivity contribution < 1.29 is 9.90 Å². The molecule has 5 rings (SSSR count). The molecular weight excluding hydrogens is 498 g/mol. The largest absolute Gasteiger partial charge is 0.393 e. The van der Waals surface area contributed by atoms with Crippen molar-refractivity contribution in [1.82, 2.24) is 25.3 Å². The number of carbonyl (C=O) groups is 1. The van der Waals surface area contributed by atoms with Gasteiger partial charge in [-0.3, -0.25) is 9.78 Å². The normalized spacial score (nSPS) is 14.6. The number of anilines is 2. The molecule has 1 aromatic carbocycles. The van der Waals surface area contributed by atoms with Gasteiger partial charge in [-0.1, -0.05) is 25.1 Å². The molecule has 1 atom stereocenters. The second-order valence-electron chi connectivity index (χ2n) is 9.37. The first-order valence-corrected chi connectivity index (χ1v) is 12.6. The Balaban J connectivity index is 0.00000336. The molecule has 1 saturated heterocycles. The minimum absolute atomic E-state index is 0. The Kier molecular flexibility index (Phi) is 8.75.